The molecule has 0 aliphatic carbocycles. The first-order valence-corrected chi connectivity index (χ1v) is 9.15. The zero-order valence-electron chi connectivity index (χ0n) is 13.9. The Morgan fingerprint density at radius 1 is 1.23 bits per heavy atom. The lowest BCUT2D eigenvalue weighted by molar-refractivity contribution is -0.113. The molecule has 0 radical (unpaired) electrons. The van der Waals surface area contributed by atoms with Crippen LogP contribution >= 0.6 is 23.4 Å². The van der Waals surface area contributed by atoms with Crippen LogP contribution in [0.1, 0.15) is 11.5 Å². The van der Waals surface area contributed by atoms with Gasteiger partial charge in [-0.05, 0) is 36.8 Å². The average molecular weight is 390 g/mol. The Kier molecular flexibility index (Phi) is 6.14. The number of ether oxygens (including phenoxy) is 1. The Hall–Kier alpha value is -2.51. The summed E-state index contributed by atoms with van der Waals surface area (Å²) in [7, 11) is 0. The van der Waals surface area contributed by atoms with E-state index in [1.165, 1.54) is 0 Å². The fourth-order valence-electron chi connectivity index (χ4n) is 2.06. The summed E-state index contributed by atoms with van der Waals surface area (Å²) >= 11 is 7.11. The third-order valence-electron chi connectivity index (χ3n) is 3.35. The Morgan fingerprint density at radius 2 is 2.04 bits per heavy atom. The molecule has 0 bridgehead atoms. The maximum Gasteiger partial charge on any atom is 0.277 e. The molecule has 1 N–H and O–H groups in total. The van der Waals surface area contributed by atoms with Crippen molar-refractivity contribution in [2.45, 2.75) is 18.8 Å². The summed E-state index contributed by atoms with van der Waals surface area (Å²) in [5.41, 5.74) is 1.62. The number of amides is 1. The molecule has 26 heavy (non-hydrogen) atoms. The number of hydrogen-bond donors (Lipinski definition) is 1. The zero-order chi connectivity index (χ0) is 18.4. The molecule has 0 spiro atoms. The van der Waals surface area contributed by atoms with E-state index < -0.39 is 0 Å². The molecule has 3 aromatic rings. The van der Waals surface area contributed by atoms with Gasteiger partial charge in [-0.1, -0.05) is 47.6 Å². The minimum atomic E-state index is -0.180. The van der Waals surface area contributed by atoms with Gasteiger partial charge in [0.25, 0.3) is 11.1 Å². The Bertz CT molecular complexity index is 886. The molecule has 0 aliphatic rings. The average Bonchev–Trinajstić information content (AvgIpc) is 3.10. The Balaban J connectivity index is 1.48. The summed E-state index contributed by atoms with van der Waals surface area (Å²) in [6, 6.07) is 14.7. The van der Waals surface area contributed by atoms with Crippen molar-refractivity contribution < 1.29 is 13.9 Å². The molecule has 0 fully saturated rings. The monoisotopic (exact) mass is 389 g/mol. The molecule has 2 aromatic carbocycles. The highest BCUT2D eigenvalue weighted by Crippen LogP contribution is 2.22. The van der Waals surface area contributed by atoms with Gasteiger partial charge in [0, 0.05) is 10.7 Å². The van der Waals surface area contributed by atoms with Crippen LogP contribution in [-0.2, 0) is 11.4 Å². The van der Waals surface area contributed by atoms with E-state index in [9.17, 15) is 4.79 Å². The van der Waals surface area contributed by atoms with Gasteiger partial charge in [-0.15, -0.1) is 10.2 Å². The summed E-state index contributed by atoms with van der Waals surface area (Å²) in [5.74, 6) is 1.03. The normalized spacial score (nSPS) is 10.5. The first-order valence-electron chi connectivity index (χ1n) is 7.79. The second kappa shape index (κ2) is 8.73. The van der Waals surface area contributed by atoms with Crippen molar-refractivity contribution in [3.05, 3.63) is 65.0 Å². The number of nitrogens with one attached hydrogen (secondary N) is 1. The number of anilines is 1. The number of thioether (sulfide) groups is 1. The largest absolute Gasteiger partial charge is 0.484 e. The van der Waals surface area contributed by atoms with Gasteiger partial charge in [0.1, 0.15) is 5.75 Å². The van der Waals surface area contributed by atoms with E-state index in [1.54, 1.807) is 12.1 Å². The fraction of sp³-hybridized carbons (Fsp3) is 0.167. The molecule has 8 heteroatoms. The molecule has 6 nitrogen and oxygen atoms in total. The van der Waals surface area contributed by atoms with E-state index in [0.29, 0.717) is 21.8 Å². The van der Waals surface area contributed by atoms with Crippen LogP contribution in [0.5, 0.6) is 5.75 Å². The van der Waals surface area contributed by atoms with Crippen molar-refractivity contribution in [3.63, 3.8) is 0 Å². The number of benzene rings is 2. The summed E-state index contributed by atoms with van der Waals surface area (Å²) in [6.45, 7) is 2.07. The van der Waals surface area contributed by atoms with Crippen LogP contribution in [0.3, 0.4) is 0 Å². The van der Waals surface area contributed by atoms with Gasteiger partial charge in [0.2, 0.25) is 5.91 Å². The maximum atomic E-state index is 12.1. The number of halogens is 1. The van der Waals surface area contributed by atoms with Crippen molar-refractivity contribution in [2.75, 3.05) is 11.1 Å². The summed E-state index contributed by atoms with van der Waals surface area (Å²) < 4.78 is 11.0. The number of para-hydroxylation sites is 1. The number of rotatable bonds is 7. The lowest BCUT2D eigenvalue weighted by Gasteiger charge is -2.07. The van der Waals surface area contributed by atoms with Crippen molar-refractivity contribution in [1.82, 2.24) is 10.2 Å². The highest BCUT2D eigenvalue weighted by molar-refractivity contribution is 7.99. The molecule has 134 valence electrons. The molecule has 0 unspecified atom stereocenters. The van der Waals surface area contributed by atoms with Gasteiger partial charge >= 0.3 is 0 Å². The number of carbonyl (C=O) groups is 1. The maximum absolute atomic E-state index is 12.1. The van der Waals surface area contributed by atoms with Crippen molar-refractivity contribution in [1.29, 1.82) is 0 Å². The Labute approximate surface area is 159 Å². The third kappa shape index (κ3) is 5.24. The second-order valence-electron chi connectivity index (χ2n) is 5.36. The predicted octanol–water partition coefficient (Wildman–Crippen LogP) is 4.34. The molecule has 0 saturated heterocycles. The van der Waals surface area contributed by atoms with Crippen LogP contribution in [0.4, 0.5) is 5.69 Å². The van der Waals surface area contributed by atoms with E-state index >= 15 is 0 Å². The summed E-state index contributed by atoms with van der Waals surface area (Å²) in [5, 5.41) is 11.5. The lowest BCUT2D eigenvalue weighted by Crippen LogP contribution is -2.14. The van der Waals surface area contributed by atoms with E-state index in [-0.39, 0.29) is 18.3 Å². The molecule has 1 amide bonds. The van der Waals surface area contributed by atoms with Gasteiger partial charge in [-0.25, -0.2) is 0 Å². The zero-order valence-corrected chi connectivity index (χ0v) is 15.5. The molecule has 0 saturated carbocycles. The molecule has 0 atom stereocenters. The van der Waals surface area contributed by atoms with Crippen LogP contribution in [-0.4, -0.2) is 21.9 Å². The highest BCUT2D eigenvalue weighted by atomic mass is 35.5. The Morgan fingerprint density at radius 3 is 2.85 bits per heavy atom. The SMILES string of the molecule is Cc1ccc(Cl)cc1NC(=O)CSc1nnc(COc2ccccc2)o1. The number of hydrogen-bond acceptors (Lipinski definition) is 6. The minimum absolute atomic E-state index is 0.146. The van der Waals surface area contributed by atoms with E-state index in [2.05, 4.69) is 15.5 Å². The van der Waals surface area contributed by atoms with Crippen LogP contribution in [0.15, 0.2) is 58.2 Å². The topological polar surface area (TPSA) is 77.2 Å². The first kappa shape index (κ1) is 18.3. The molecular weight excluding hydrogens is 374 g/mol. The van der Waals surface area contributed by atoms with E-state index in [1.807, 2.05) is 43.3 Å². The molecule has 1 aromatic heterocycles. The second-order valence-corrected chi connectivity index (χ2v) is 6.72. The van der Waals surface area contributed by atoms with E-state index in [0.717, 1.165) is 23.1 Å². The molecular formula is C18H16ClN3O3S. The van der Waals surface area contributed by atoms with Gasteiger partial charge in [0.05, 0.1) is 5.75 Å². The van der Waals surface area contributed by atoms with Gasteiger partial charge in [0.15, 0.2) is 6.61 Å². The quantitative estimate of drug-likeness (QED) is 0.605. The van der Waals surface area contributed by atoms with Crippen LogP contribution in [0.2, 0.25) is 5.02 Å². The number of nitrogens with zero attached hydrogens (tertiary/aromatic N) is 2. The van der Waals surface area contributed by atoms with Crippen LogP contribution in [0.25, 0.3) is 0 Å². The van der Waals surface area contributed by atoms with Crippen LogP contribution < -0.4 is 10.1 Å². The number of aryl methyl sites for hydroxylation is 1. The van der Waals surface area contributed by atoms with Crippen molar-refractivity contribution in [3.8, 4) is 5.75 Å². The molecule has 1 heterocycles. The standard InChI is InChI=1S/C18H16ClN3O3S/c1-12-7-8-13(19)9-15(12)20-16(23)11-26-18-22-21-17(25-18)10-24-14-5-3-2-4-6-14/h2-9H,10-11H2,1H3,(H,20,23). The first-order chi connectivity index (χ1) is 12.6. The van der Waals surface area contributed by atoms with Gasteiger partial charge in [-0.2, -0.15) is 0 Å². The minimum Gasteiger partial charge on any atom is -0.484 e. The van der Waals surface area contributed by atoms with E-state index in [4.69, 9.17) is 20.8 Å². The van der Waals surface area contributed by atoms with Gasteiger partial charge in [-0.3, -0.25) is 4.79 Å². The highest BCUT2D eigenvalue weighted by Gasteiger charge is 2.11. The number of aromatic nitrogens is 2. The third-order valence-corrected chi connectivity index (χ3v) is 4.41. The summed E-state index contributed by atoms with van der Waals surface area (Å²) in [6.07, 6.45) is 0. The molecule has 0 aliphatic heterocycles. The predicted molar refractivity (Wildman–Crippen MR) is 101 cm³/mol. The summed E-state index contributed by atoms with van der Waals surface area (Å²) in [4.78, 5) is 12.1. The molecule has 3 rings (SSSR count). The van der Waals surface area contributed by atoms with Gasteiger partial charge < -0.3 is 14.5 Å². The number of carbonyl (C=O) groups excluding carboxylic acids is 1. The van der Waals surface area contributed by atoms with Crippen molar-refractivity contribution >= 4 is 35.0 Å². The fourth-order valence-corrected chi connectivity index (χ4v) is 2.81. The van der Waals surface area contributed by atoms with Crippen molar-refractivity contribution in [2.24, 2.45) is 0 Å². The lowest BCUT2D eigenvalue weighted by atomic mass is 10.2. The smallest absolute Gasteiger partial charge is 0.277 e. The van der Waals surface area contributed by atoms with Crippen LogP contribution in [0, 0.1) is 6.92 Å².